The van der Waals surface area contributed by atoms with Gasteiger partial charge in [0.25, 0.3) is 0 Å². The number of carbonyl (C=O) groups is 3. The topological polar surface area (TPSA) is 106 Å². The maximum Gasteiger partial charge on any atom is 0.249 e. The lowest BCUT2D eigenvalue weighted by atomic mass is 10.1. The molecule has 28 heavy (non-hydrogen) atoms. The van der Waals surface area contributed by atoms with Gasteiger partial charge >= 0.3 is 0 Å². The Morgan fingerprint density at radius 3 is 2.29 bits per heavy atom. The summed E-state index contributed by atoms with van der Waals surface area (Å²) in [6, 6.07) is 6.03. The maximum atomic E-state index is 12.6. The van der Waals surface area contributed by atoms with Gasteiger partial charge in [-0.15, -0.1) is 0 Å². The standard InChI is InChI=1S/C19H26N6O3/c1-3-24-8-10-25(11-9-24)19-22-16(12-17(27)23-19)18(28)21-15-6-4-14(5-7-15)20-13(2)26/h4-7,16H,3,8-12H2,1-2H3,(H,20,26)(H,21,28)(H,22,23,27)/t16-/m0/s1. The Morgan fingerprint density at radius 2 is 1.71 bits per heavy atom. The van der Waals surface area contributed by atoms with Gasteiger partial charge in [0.15, 0.2) is 0 Å². The molecular weight excluding hydrogens is 360 g/mol. The molecule has 9 heteroatoms. The van der Waals surface area contributed by atoms with Crippen LogP contribution in [0.2, 0.25) is 0 Å². The summed E-state index contributed by atoms with van der Waals surface area (Å²) in [5, 5.41) is 8.25. The number of piperazine rings is 1. The summed E-state index contributed by atoms with van der Waals surface area (Å²) < 4.78 is 0. The van der Waals surface area contributed by atoms with E-state index in [1.807, 2.05) is 4.90 Å². The Bertz CT molecular complexity index is 768. The SMILES string of the molecule is CCN1CCN(C2=N[C@H](C(=O)Nc3ccc(NC(C)=O)cc3)CC(=O)N2)CC1. The molecule has 0 unspecified atom stereocenters. The van der Waals surface area contributed by atoms with Crippen molar-refractivity contribution >= 4 is 35.1 Å². The Hall–Kier alpha value is -2.94. The third-order valence-corrected chi connectivity index (χ3v) is 4.80. The van der Waals surface area contributed by atoms with Crippen LogP contribution in [0.3, 0.4) is 0 Å². The van der Waals surface area contributed by atoms with Crippen molar-refractivity contribution in [3.05, 3.63) is 24.3 Å². The van der Waals surface area contributed by atoms with Crippen LogP contribution >= 0.6 is 0 Å². The number of hydrogen-bond donors (Lipinski definition) is 3. The minimum atomic E-state index is -0.761. The van der Waals surface area contributed by atoms with Gasteiger partial charge in [0.2, 0.25) is 23.7 Å². The molecule has 0 spiro atoms. The van der Waals surface area contributed by atoms with Gasteiger partial charge in [-0.3, -0.25) is 19.7 Å². The molecule has 9 nitrogen and oxygen atoms in total. The normalized spacial score (nSPS) is 20.2. The number of rotatable bonds is 4. The van der Waals surface area contributed by atoms with Gasteiger partial charge in [-0.05, 0) is 30.8 Å². The van der Waals surface area contributed by atoms with E-state index in [0.29, 0.717) is 17.3 Å². The third-order valence-electron chi connectivity index (χ3n) is 4.80. The zero-order chi connectivity index (χ0) is 20.1. The van der Waals surface area contributed by atoms with E-state index in [1.54, 1.807) is 24.3 Å². The fraction of sp³-hybridized carbons (Fsp3) is 0.474. The van der Waals surface area contributed by atoms with Crippen molar-refractivity contribution in [2.45, 2.75) is 26.3 Å². The van der Waals surface area contributed by atoms with Crippen LogP contribution in [0.25, 0.3) is 0 Å². The fourth-order valence-corrected chi connectivity index (χ4v) is 3.23. The summed E-state index contributed by atoms with van der Waals surface area (Å²) in [5.41, 5.74) is 1.23. The van der Waals surface area contributed by atoms with Crippen molar-refractivity contribution in [1.82, 2.24) is 15.1 Å². The lowest BCUT2D eigenvalue weighted by Gasteiger charge is -2.37. The van der Waals surface area contributed by atoms with E-state index in [1.165, 1.54) is 6.92 Å². The first-order valence-electron chi connectivity index (χ1n) is 9.48. The van der Waals surface area contributed by atoms with Gasteiger partial charge in [0, 0.05) is 44.5 Å². The van der Waals surface area contributed by atoms with Gasteiger partial charge in [0.1, 0.15) is 6.04 Å². The molecule has 0 saturated carbocycles. The van der Waals surface area contributed by atoms with E-state index >= 15 is 0 Å². The Balaban J connectivity index is 1.63. The van der Waals surface area contributed by atoms with E-state index in [2.05, 4.69) is 32.8 Å². The molecule has 3 N–H and O–H groups in total. The molecule has 1 atom stereocenters. The molecule has 3 rings (SSSR count). The molecular formula is C19H26N6O3. The zero-order valence-electron chi connectivity index (χ0n) is 16.2. The average Bonchev–Trinajstić information content (AvgIpc) is 2.68. The van der Waals surface area contributed by atoms with E-state index in [-0.39, 0.29) is 24.1 Å². The van der Waals surface area contributed by atoms with Crippen LogP contribution in [0.15, 0.2) is 29.3 Å². The van der Waals surface area contributed by atoms with Crippen LogP contribution in [0, 0.1) is 0 Å². The number of nitrogens with zero attached hydrogens (tertiary/aromatic N) is 3. The smallest absolute Gasteiger partial charge is 0.249 e. The third kappa shape index (κ3) is 5.07. The number of nitrogens with one attached hydrogen (secondary N) is 3. The monoisotopic (exact) mass is 386 g/mol. The second kappa shape index (κ2) is 8.83. The van der Waals surface area contributed by atoms with Crippen LogP contribution in [0.4, 0.5) is 11.4 Å². The minimum Gasteiger partial charge on any atom is -0.340 e. The largest absolute Gasteiger partial charge is 0.340 e. The molecule has 0 aromatic heterocycles. The number of carbonyl (C=O) groups excluding carboxylic acids is 3. The van der Waals surface area contributed by atoms with Crippen LogP contribution in [0.5, 0.6) is 0 Å². The average molecular weight is 386 g/mol. The number of likely N-dealkylation sites (N-methyl/N-ethyl adjacent to an activating group) is 1. The number of benzene rings is 1. The summed E-state index contributed by atoms with van der Waals surface area (Å²) in [7, 11) is 0. The number of aliphatic imine (C=N–C) groups is 1. The highest BCUT2D eigenvalue weighted by molar-refractivity contribution is 6.06. The first-order valence-corrected chi connectivity index (χ1v) is 9.48. The molecule has 1 aromatic rings. The van der Waals surface area contributed by atoms with Gasteiger partial charge in [0.05, 0.1) is 6.42 Å². The predicted molar refractivity (Wildman–Crippen MR) is 107 cm³/mol. The highest BCUT2D eigenvalue weighted by atomic mass is 16.2. The van der Waals surface area contributed by atoms with Crippen molar-refractivity contribution < 1.29 is 14.4 Å². The molecule has 1 aromatic carbocycles. The lowest BCUT2D eigenvalue weighted by molar-refractivity contribution is -0.125. The van der Waals surface area contributed by atoms with Crippen molar-refractivity contribution in [1.29, 1.82) is 0 Å². The van der Waals surface area contributed by atoms with E-state index in [9.17, 15) is 14.4 Å². The molecule has 0 radical (unpaired) electrons. The highest BCUT2D eigenvalue weighted by Crippen LogP contribution is 2.16. The molecule has 2 aliphatic heterocycles. The molecule has 0 bridgehead atoms. The summed E-state index contributed by atoms with van der Waals surface area (Å²) >= 11 is 0. The zero-order valence-corrected chi connectivity index (χ0v) is 16.2. The van der Waals surface area contributed by atoms with Crippen LogP contribution in [-0.2, 0) is 14.4 Å². The first kappa shape index (κ1) is 19.8. The fourth-order valence-electron chi connectivity index (χ4n) is 3.23. The molecule has 2 aliphatic rings. The quantitative estimate of drug-likeness (QED) is 0.697. The van der Waals surface area contributed by atoms with Crippen LogP contribution < -0.4 is 16.0 Å². The summed E-state index contributed by atoms with van der Waals surface area (Å²) in [4.78, 5) is 44.6. The van der Waals surface area contributed by atoms with E-state index < -0.39 is 6.04 Å². The number of hydrogen-bond acceptors (Lipinski definition) is 6. The lowest BCUT2D eigenvalue weighted by Crippen LogP contribution is -2.56. The summed E-state index contributed by atoms with van der Waals surface area (Å²) in [5.74, 6) is -0.212. The highest BCUT2D eigenvalue weighted by Gasteiger charge is 2.30. The van der Waals surface area contributed by atoms with Crippen molar-refractivity contribution in [2.75, 3.05) is 43.4 Å². The Morgan fingerprint density at radius 1 is 1.11 bits per heavy atom. The first-order chi connectivity index (χ1) is 13.4. The van der Waals surface area contributed by atoms with Crippen molar-refractivity contribution in [3.63, 3.8) is 0 Å². The Labute approximate surface area is 164 Å². The van der Waals surface area contributed by atoms with Crippen molar-refractivity contribution in [3.8, 4) is 0 Å². The minimum absolute atomic E-state index is 0.0221. The molecule has 3 amide bonds. The number of guanidine groups is 1. The second-order valence-electron chi connectivity index (χ2n) is 6.89. The summed E-state index contributed by atoms with van der Waals surface area (Å²) in [6.07, 6.45) is 0.0221. The number of anilines is 2. The molecule has 2 heterocycles. The number of amides is 3. The van der Waals surface area contributed by atoms with Gasteiger partial charge in [-0.25, -0.2) is 4.99 Å². The molecule has 150 valence electrons. The van der Waals surface area contributed by atoms with Crippen molar-refractivity contribution in [2.24, 2.45) is 4.99 Å². The molecule has 0 aliphatic carbocycles. The molecule has 1 fully saturated rings. The van der Waals surface area contributed by atoms with Gasteiger partial charge in [-0.1, -0.05) is 6.92 Å². The summed E-state index contributed by atoms with van der Waals surface area (Å²) in [6.45, 7) is 7.90. The van der Waals surface area contributed by atoms with Crippen LogP contribution in [-0.4, -0.2) is 72.2 Å². The Kier molecular flexibility index (Phi) is 6.25. The van der Waals surface area contributed by atoms with E-state index in [0.717, 1.165) is 32.7 Å². The van der Waals surface area contributed by atoms with Crippen LogP contribution in [0.1, 0.15) is 20.3 Å². The van der Waals surface area contributed by atoms with Gasteiger partial charge in [-0.2, -0.15) is 0 Å². The maximum absolute atomic E-state index is 12.6. The second-order valence-corrected chi connectivity index (χ2v) is 6.89. The van der Waals surface area contributed by atoms with Gasteiger partial charge < -0.3 is 20.4 Å². The molecule has 1 saturated heterocycles. The predicted octanol–water partition coefficient (Wildman–Crippen LogP) is 0.466. The van der Waals surface area contributed by atoms with E-state index in [4.69, 9.17) is 0 Å².